The molecule has 0 aliphatic rings. The molecule has 3 N–H and O–H groups in total. The van der Waals surface area contributed by atoms with Crippen molar-refractivity contribution in [3.05, 3.63) is 35.7 Å². The highest BCUT2D eigenvalue weighted by Gasteiger charge is 2.15. The first-order valence-corrected chi connectivity index (χ1v) is 5.94. The summed E-state index contributed by atoms with van der Waals surface area (Å²) < 4.78 is 4.96. The zero-order valence-corrected chi connectivity index (χ0v) is 10.5. The fourth-order valence-corrected chi connectivity index (χ4v) is 1.61. The van der Waals surface area contributed by atoms with E-state index >= 15 is 0 Å². The summed E-state index contributed by atoms with van der Waals surface area (Å²) in [6.45, 7) is 4.34. The molecular formula is C13H17N3O2. The summed E-state index contributed by atoms with van der Waals surface area (Å²) in [6, 6.07) is 7.96. The summed E-state index contributed by atoms with van der Waals surface area (Å²) >= 11 is 0. The first kappa shape index (κ1) is 12.7. The molecule has 18 heavy (non-hydrogen) atoms. The van der Waals surface area contributed by atoms with E-state index in [0.29, 0.717) is 11.7 Å². The van der Waals surface area contributed by atoms with E-state index in [1.807, 2.05) is 24.3 Å². The lowest BCUT2D eigenvalue weighted by Gasteiger charge is -2.04. The molecule has 2 aromatic rings. The van der Waals surface area contributed by atoms with E-state index in [0.717, 1.165) is 5.56 Å². The number of hydrogen-bond donors (Lipinski definition) is 2. The number of hydrogen-bond acceptors (Lipinski definition) is 5. The molecule has 0 saturated carbocycles. The van der Waals surface area contributed by atoms with E-state index in [9.17, 15) is 5.11 Å². The first-order chi connectivity index (χ1) is 8.61. The van der Waals surface area contributed by atoms with Crippen LogP contribution in [0.3, 0.4) is 0 Å². The lowest BCUT2D eigenvalue weighted by atomic mass is 10.0. The smallest absolute Gasteiger partial charge is 0.257 e. The Labute approximate surface area is 106 Å². The van der Waals surface area contributed by atoms with Crippen LogP contribution in [0.5, 0.6) is 0 Å². The second-order valence-corrected chi connectivity index (χ2v) is 4.48. The van der Waals surface area contributed by atoms with Crippen molar-refractivity contribution in [2.24, 2.45) is 5.73 Å². The van der Waals surface area contributed by atoms with Gasteiger partial charge in [0.05, 0.1) is 0 Å². The molecule has 0 aliphatic heterocycles. The van der Waals surface area contributed by atoms with Gasteiger partial charge >= 0.3 is 0 Å². The Bertz CT molecular complexity index is 505. The molecule has 0 unspecified atom stereocenters. The largest absolute Gasteiger partial charge is 0.382 e. The summed E-state index contributed by atoms with van der Waals surface area (Å²) in [5.74, 6) is 1.10. The lowest BCUT2D eigenvalue weighted by Crippen LogP contribution is -2.11. The van der Waals surface area contributed by atoms with Gasteiger partial charge in [-0.1, -0.05) is 43.3 Å². The molecule has 96 valence electrons. The molecule has 0 fully saturated rings. The van der Waals surface area contributed by atoms with Gasteiger partial charge in [0.25, 0.3) is 5.89 Å². The van der Waals surface area contributed by atoms with Crippen LogP contribution >= 0.6 is 0 Å². The third-order valence-corrected chi connectivity index (χ3v) is 2.79. The maximum Gasteiger partial charge on any atom is 0.257 e. The Balaban J connectivity index is 2.23. The average molecular weight is 247 g/mol. The molecule has 2 rings (SSSR count). The minimum absolute atomic E-state index is 0.0634. The van der Waals surface area contributed by atoms with Gasteiger partial charge in [-0.3, -0.25) is 0 Å². The topological polar surface area (TPSA) is 85.2 Å². The van der Waals surface area contributed by atoms with E-state index in [2.05, 4.69) is 24.0 Å². The molecule has 1 aromatic carbocycles. The fourth-order valence-electron chi connectivity index (χ4n) is 1.61. The van der Waals surface area contributed by atoms with Crippen LogP contribution in [0.25, 0.3) is 11.4 Å². The standard InChI is InChI=1S/C13H17N3O2/c1-8(2)9-3-5-10(6-4-9)12-15-13(18-16-12)11(17)7-14/h3-6,8,11,17H,7,14H2,1-2H3/t11-/m0/s1. The van der Waals surface area contributed by atoms with Crippen LogP contribution in [0, 0.1) is 0 Å². The van der Waals surface area contributed by atoms with Crippen molar-refractivity contribution in [1.29, 1.82) is 0 Å². The highest BCUT2D eigenvalue weighted by molar-refractivity contribution is 5.54. The maximum atomic E-state index is 9.49. The Morgan fingerprint density at radius 1 is 1.28 bits per heavy atom. The number of nitrogens with zero attached hydrogens (tertiary/aromatic N) is 2. The van der Waals surface area contributed by atoms with Crippen molar-refractivity contribution < 1.29 is 9.63 Å². The summed E-state index contributed by atoms with van der Waals surface area (Å²) in [7, 11) is 0. The van der Waals surface area contributed by atoms with Crippen molar-refractivity contribution in [2.45, 2.75) is 25.9 Å². The Kier molecular flexibility index (Phi) is 3.74. The quantitative estimate of drug-likeness (QED) is 0.861. The van der Waals surface area contributed by atoms with Gasteiger partial charge in [-0.15, -0.1) is 0 Å². The van der Waals surface area contributed by atoms with Crippen LogP contribution in [0.1, 0.15) is 37.3 Å². The molecule has 0 saturated heterocycles. The van der Waals surface area contributed by atoms with Crippen LogP contribution in [0.4, 0.5) is 0 Å². The van der Waals surface area contributed by atoms with Gasteiger partial charge in [-0.25, -0.2) is 0 Å². The molecule has 0 aliphatic carbocycles. The van der Waals surface area contributed by atoms with Crippen molar-refractivity contribution in [2.75, 3.05) is 6.54 Å². The number of rotatable bonds is 4. The maximum absolute atomic E-state index is 9.49. The molecule has 0 bridgehead atoms. The molecule has 1 heterocycles. The van der Waals surface area contributed by atoms with Crippen LogP contribution in [-0.4, -0.2) is 21.8 Å². The van der Waals surface area contributed by atoms with Crippen LogP contribution in [0.2, 0.25) is 0 Å². The second-order valence-electron chi connectivity index (χ2n) is 4.48. The SMILES string of the molecule is CC(C)c1ccc(-c2noc([C@@H](O)CN)n2)cc1. The predicted octanol–water partition coefficient (Wildman–Crippen LogP) is 1.85. The third-order valence-electron chi connectivity index (χ3n) is 2.79. The van der Waals surface area contributed by atoms with Gasteiger partial charge in [-0.05, 0) is 11.5 Å². The van der Waals surface area contributed by atoms with Crippen molar-refractivity contribution in [1.82, 2.24) is 10.1 Å². The van der Waals surface area contributed by atoms with E-state index in [1.54, 1.807) is 0 Å². The minimum atomic E-state index is -0.902. The number of aliphatic hydroxyl groups excluding tert-OH is 1. The van der Waals surface area contributed by atoms with E-state index in [-0.39, 0.29) is 12.4 Å². The highest BCUT2D eigenvalue weighted by Crippen LogP contribution is 2.21. The summed E-state index contributed by atoms with van der Waals surface area (Å²) in [4.78, 5) is 4.12. The monoisotopic (exact) mass is 247 g/mol. The fraction of sp³-hybridized carbons (Fsp3) is 0.385. The molecule has 5 heteroatoms. The van der Waals surface area contributed by atoms with E-state index < -0.39 is 6.10 Å². The molecule has 0 radical (unpaired) electrons. The van der Waals surface area contributed by atoms with Crippen molar-refractivity contribution in [3.8, 4) is 11.4 Å². The summed E-state index contributed by atoms with van der Waals surface area (Å²) in [5.41, 5.74) is 7.44. The number of benzene rings is 1. The first-order valence-electron chi connectivity index (χ1n) is 5.94. The normalized spacial score (nSPS) is 12.9. The zero-order valence-electron chi connectivity index (χ0n) is 10.5. The second kappa shape index (κ2) is 5.29. The Morgan fingerprint density at radius 3 is 2.50 bits per heavy atom. The molecule has 5 nitrogen and oxygen atoms in total. The van der Waals surface area contributed by atoms with Gasteiger partial charge in [0.1, 0.15) is 6.10 Å². The number of aromatic nitrogens is 2. The van der Waals surface area contributed by atoms with Gasteiger partial charge in [0.2, 0.25) is 5.82 Å². The van der Waals surface area contributed by atoms with Crippen LogP contribution < -0.4 is 5.73 Å². The molecule has 0 amide bonds. The summed E-state index contributed by atoms with van der Waals surface area (Å²) in [6.07, 6.45) is -0.902. The van der Waals surface area contributed by atoms with Crippen molar-refractivity contribution >= 4 is 0 Å². The van der Waals surface area contributed by atoms with Gasteiger partial charge < -0.3 is 15.4 Å². The number of aliphatic hydroxyl groups is 1. The van der Waals surface area contributed by atoms with Gasteiger partial charge in [-0.2, -0.15) is 4.98 Å². The van der Waals surface area contributed by atoms with E-state index in [4.69, 9.17) is 10.3 Å². The minimum Gasteiger partial charge on any atom is -0.382 e. The lowest BCUT2D eigenvalue weighted by molar-refractivity contribution is 0.141. The van der Waals surface area contributed by atoms with Gasteiger partial charge in [0.15, 0.2) is 0 Å². The average Bonchev–Trinajstić information content (AvgIpc) is 2.87. The third kappa shape index (κ3) is 2.57. The zero-order chi connectivity index (χ0) is 13.1. The molecular weight excluding hydrogens is 230 g/mol. The number of nitrogens with two attached hydrogens (primary N) is 1. The summed E-state index contributed by atoms with van der Waals surface area (Å²) in [5, 5.41) is 13.3. The predicted molar refractivity (Wildman–Crippen MR) is 67.8 cm³/mol. The molecule has 0 spiro atoms. The Hall–Kier alpha value is -1.72. The van der Waals surface area contributed by atoms with Crippen LogP contribution in [0.15, 0.2) is 28.8 Å². The van der Waals surface area contributed by atoms with Crippen molar-refractivity contribution in [3.63, 3.8) is 0 Å². The molecule has 1 aromatic heterocycles. The van der Waals surface area contributed by atoms with E-state index in [1.165, 1.54) is 5.56 Å². The van der Waals surface area contributed by atoms with Crippen LogP contribution in [-0.2, 0) is 0 Å². The highest BCUT2D eigenvalue weighted by atomic mass is 16.5. The molecule has 1 atom stereocenters. The van der Waals surface area contributed by atoms with Gasteiger partial charge in [0, 0.05) is 12.1 Å². The Morgan fingerprint density at radius 2 is 1.94 bits per heavy atom.